The molecule has 2 unspecified atom stereocenters. The Kier molecular flexibility index (Phi) is 6.07. The van der Waals surface area contributed by atoms with Gasteiger partial charge in [0, 0.05) is 25.6 Å². The Balaban J connectivity index is 2.61. The number of ether oxygens (including phenoxy) is 1. The van der Waals surface area contributed by atoms with Crippen molar-refractivity contribution in [2.24, 2.45) is 5.92 Å². The van der Waals surface area contributed by atoms with Gasteiger partial charge in [0.1, 0.15) is 0 Å². The molecule has 0 aromatic heterocycles. The zero-order valence-corrected chi connectivity index (χ0v) is 11.2. The van der Waals surface area contributed by atoms with Crippen LogP contribution in [0.5, 0.6) is 0 Å². The first-order valence-corrected chi connectivity index (χ1v) is 6.43. The molecule has 1 N–H and O–H groups in total. The largest absolute Gasteiger partial charge is 0.450 e. The number of piperidine rings is 1. The highest BCUT2D eigenvalue weighted by atomic mass is 19.4. The fourth-order valence-corrected chi connectivity index (χ4v) is 2.45. The molecule has 2 atom stereocenters. The van der Waals surface area contributed by atoms with Crippen LogP contribution in [0, 0.1) is 17.2 Å². The Bertz CT molecular complexity index is 368. The second-order valence-electron chi connectivity index (χ2n) is 4.83. The van der Waals surface area contributed by atoms with Crippen molar-refractivity contribution in [2.75, 3.05) is 26.2 Å². The van der Waals surface area contributed by atoms with Crippen molar-refractivity contribution in [3.05, 3.63) is 0 Å². The number of nitriles is 1. The Morgan fingerprint density at radius 1 is 1.50 bits per heavy atom. The summed E-state index contributed by atoms with van der Waals surface area (Å²) in [5, 5.41) is 11.2. The van der Waals surface area contributed by atoms with Crippen molar-refractivity contribution >= 4 is 6.09 Å². The van der Waals surface area contributed by atoms with E-state index in [1.807, 2.05) is 6.07 Å². The molecule has 0 radical (unpaired) electrons. The van der Waals surface area contributed by atoms with E-state index >= 15 is 0 Å². The fraction of sp³-hybridized carbons (Fsp3) is 0.833. The van der Waals surface area contributed by atoms with Gasteiger partial charge in [-0.25, -0.2) is 4.79 Å². The molecule has 1 heterocycles. The molecule has 1 saturated heterocycles. The van der Waals surface area contributed by atoms with Gasteiger partial charge >= 0.3 is 12.3 Å². The maximum absolute atomic E-state index is 12.5. The van der Waals surface area contributed by atoms with Gasteiger partial charge in [-0.05, 0) is 19.3 Å². The molecule has 1 fully saturated rings. The molecular weight excluding hydrogens is 275 g/mol. The topological polar surface area (TPSA) is 65.4 Å². The van der Waals surface area contributed by atoms with Crippen LogP contribution in [0.1, 0.15) is 19.8 Å². The van der Waals surface area contributed by atoms with E-state index in [0.717, 1.165) is 0 Å². The molecule has 5 nitrogen and oxygen atoms in total. The molecule has 0 bridgehead atoms. The van der Waals surface area contributed by atoms with Crippen molar-refractivity contribution in [3.63, 3.8) is 0 Å². The molecular formula is C12H18F3N3O2. The van der Waals surface area contributed by atoms with Crippen molar-refractivity contribution < 1.29 is 22.7 Å². The molecule has 1 aliphatic rings. The Morgan fingerprint density at radius 3 is 2.75 bits per heavy atom. The van der Waals surface area contributed by atoms with Crippen LogP contribution >= 0.6 is 0 Å². The summed E-state index contributed by atoms with van der Waals surface area (Å²) < 4.78 is 42.1. The highest BCUT2D eigenvalue weighted by Crippen LogP contribution is 2.30. The van der Waals surface area contributed by atoms with E-state index in [1.54, 1.807) is 11.8 Å². The number of carbonyl (C=O) groups is 1. The minimum atomic E-state index is -4.24. The first-order chi connectivity index (χ1) is 9.34. The predicted octanol–water partition coefficient (Wildman–Crippen LogP) is 1.90. The number of nitrogens with zero attached hydrogens (tertiary/aromatic N) is 2. The van der Waals surface area contributed by atoms with Crippen molar-refractivity contribution in [3.8, 4) is 6.07 Å². The van der Waals surface area contributed by atoms with Gasteiger partial charge in [0.15, 0.2) is 0 Å². The van der Waals surface area contributed by atoms with Crippen LogP contribution in [0.4, 0.5) is 18.0 Å². The van der Waals surface area contributed by atoms with Gasteiger partial charge in [0.05, 0.1) is 19.2 Å². The van der Waals surface area contributed by atoms with Crippen LogP contribution in [0.2, 0.25) is 0 Å². The van der Waals surface area contributed by atoms with Gasteiger partial charge in [-0.1, -0.05) is 0 Å². The molecule has 1 amide bonds. The third-order valence-electron chi connectivity index (χ3n) is 3.02. The lowest BCUT2D eigenvalue weighted by Gasteiger charge is -2.37. The SMILES string of the molecule is CCOC(=O)NC1CC(CC(F)(F)F)CN(CC#N)C1. The van der Waals surface area contributed by atoms with E-state index in [2.05, 4.69) is 5.32 Å². The number of carbonyl (C=O) groups excluding carboxylic acids is 1. The Labute approximate surface area is 115 Å². The van der Waals surface area contributed by atoms with E-state index < -0.39 is 30.7 Å². The summed E-state index contributed by atoms with van der Waals surface area (Å²) in [5.41, 5.74) is 0. The maximum Gasteiger partial charge on any atom is 0.407 e. The van der Waals surface area contributed by atoms with Crippen molar-refractivity contribution in [2.45, 2.75) is 32.0 Å². The maximum atomic E-state index is 12.5. The fourth-order valence-electron chi connectivity index (χ4n) is 2.45. The van der Waals surface area contributed by atoms with Crippen LogP contribution in [0.15, 0.2) is 0 Å². The van der Waals surface area contributed by atoms with Gasteiger partial charge in [0.25, 0.3) is 0 Å². The number of hydrogen-bond acceptors (Lipinski definition) is 4. The van der Waals surface area contributed by atoms with Gasteiger partial charge in [0.2, 0.25) is 0 Å². The van der Waals surface area contributed by atoms with Crippen LogP contribution in [-0.2, 0) is 4.74 Å². The number of alkyl halides is 3. The van der Waals surface area contributed by atoms with Crippen LogP contribution < -0.4 is 5.32 Å². The van der Waals surface area contributed by atoms with Crippen molar-refractivity contribution in [1.82, 2.24) is 10.2 Å². The highest BCUT2D eigenvalue weighted by Gasteiger charge is 2.37. The lowest BCUT2D eigenvalue weighted by atomic mass is 9.91. The molecule has 0 aliphatic carbocycles. The first kappa shape index (κ1) is 16.6. The third-order valence-corrected chi connectivity index (χ3v) is 3.02. The molecule has 0 aromatic carbocycles. The number of amides is 1. The standard InChI is InChI=1S/C12H18F3N3O2/c1-2-20-11(19)17-10-5-9(6-12(13,14)15)7-18(8-10)4-3-16/h9-10H,2,4-8H2,1H3,(H,17,19). The lowest BCUT2D eigenvalue weighted by Crippen LogP contribution is -2.51. The van der Waals surface area contributed by atoms with Crippen LogP contribution in [-0.4, -0.2) is 49.5 Å². The molecule has 1 rings (SSSR count). The molecule has 20 heavy (non-hydrogen) atoms. The van der Waals surface area contributed by atoms with E-state index in [4.69, 9.17) is 10.00 Å². The lowest BCUT2D eigenvalue weighted by molar-refractivity contribution is -0.148. The molecule has 114 valence electrons. The van der Waals surface area contributed by atoms with Gasteiger partial charge in [-0.15, -0.1) is 0 Å². The number of hydrogen-bond donors (Lipinski definition) is 1. The molecule has 1 aliphatic heterocycles. The first-order valence-electron chi connectivity index (χ1n) is 6.43. The Hall–Kier alpha value is -1.49. The number of rotatable bonds is 4. The van der Waals surface area contributed by atoms with E-state index in [0.29, 0.717) is 6.54 Å². The summed E-state index contributed by atoms with van der Waals surface area (Å²) in [7, 11) is 0. The van der Waals surface area contributed by atoms with E-state index in [1.165, 1.54) is 0 Å². The van der Waals surface area contributed by atoms with E-state index in [9.17, 15) is 18.0 Å². The van der Waals surface area contributed by atoms with E-state index in [-0.39, 0.29) is 26.1 Å². The van der Waals surface area contributed by atoms with Crippen molar-refractivity contribution in [1.29, 1.82) is 5.26 Å². The smallest absolute Gasteiger partial charge is 0.407 e. The molecule has 0 aromatic rings. The number of halogens is 3. The minimum Gasteiger partial charge on any atom is -0.450 e. The van der Waals surface area contributed by atoms with Crippen LogP contribution in [0.25, 0.3) is 0 Å². The predicted molar refractivity (Wildman–Crippen MR) is 64.8 cm³/mol. The molecule has 8 heteroatoms. The quantitative estimate of drug-likeness (QED) is 0.804. The summed E-state index contributed by atoms with van der Waals surface area (Å²) in [6.45, 7) is 2.48. The number of nitrogens with one attached hydrogen (secondary N) is 1. The van der Waals surface area contributed by atoms with Crippen LogP contribution in [0.3, 0.4) is 0 Å². The normalized spacial score (nSPS) is 23.9. The average molecular weight is 293 g/mol. The zero-order valence-electron chi connectivity index (χ0n) is 11.2. The monoisotopic (exact) mass is 293 g/mol. The highest BCUT2D eigenvalue weighted by molar-refractivity contribution is 5.67. The second kappa shape index (κ2) is 7.33. The number of likely N-dealkylation sites (tertiary alicyclic amines) is 1. The number of alkyl carbamates (subject to hydrolysis) is 1. The van der Waals surface area contributed by atoms with Gasteiger partial charge < -0.3 is 10.1 Å². The van der Waals surface area contributed by atoms with Gasteiger partial charge in [-0.3, -0.25) is 4.90 Å². The van der Waals surface area contributed by atoms with Gasteiger partial charge in [-0.2, -0.15) is 18.4 Å². The molecule has 0 saturated carbocycles. The third kappa shape index (κ3) is 6.10. The Morgan fingerprint density at radius 2 is 2.20 bits per heavy atom. The molecule has 0 spiro atoms. The summed E-state index contributed by atoms with van der Waals surface area (Å²) >= 11 is 0. The summed E-state index contributed by atoms with van der Waals surface area (Å²) in [6.07, 6.45) is -5.55. The summed E-state index contributed by atoms with van der Waals surface area (Å²) in [6, 6.07) is 1.49. The minimum absolute atomic E-state index is 0.0510. The second-order valence-corrected chi connectivity index (χ2v) is 4.83. The summed E-state index contributed by atoms with van der Waals surface area (Å²) in [5.74, 6) is -0.621. The summed E-state index contributed by atoms with van der Waals surface area (Å²) in [4.78, 5) is 13.0. The zero-order chi connectivity index (χ0) is 15.2. The average Bonchev–Trinajstić information content (AvgIpc) is 2.26.